The first-order chi connectivity index (χ1) is 8.64. The molecule has 1 aromatic carbocycles. The molecule has 0 spiro atoms. The molecule has 1 fully saturated rings. The molecule has 0 unspecified atom stereocenters. The van der Waals surface area contributed by atoms with Crippen molar-refractivity contribution in [2.24, 2.45) is 5.92 Å². The zero-order valence-corrected chi connectivity index (χ0v) is 11.5. The van der Waals surface area contributed by atoms with Crippen molar-refractivity contribution in [3.63, 3.8) is 0 Å². The Balaban J connectivity index is 2.04. The average Bonchev–Trinajstić information content (AvgIpc) is 2.40. The van der Waals surface area contributed by atoms with Crippen molar-refractivity contribution in [1.29, 1.82) is 0 Å². The summed E-state index contributed by atoms with van der Waals surface area (Å²) in [4.78, 5) is 0. The van der Waals surface area contributed by atoms with Gasteiger partial charge < -0.3 is 9.84 Å². The minimum Gasteiger partial charge on any atom is -0.494 e. The van der Waals surface area contributed by atoms with Crippen LogP contribution in [-0.4, -0.2) is 11.7 Å². The Morgan fingerprint density at radius 3 is 2.39 bits per heavy atom. The third-order valence-corrected chi connectivity index (χ3v) is 3.97. The van der Waals surface area contributed by atoms with Crippen LogP contribution < -0.4 is 4.74 Å². The predicted octanol–water partition coefficient (Wildman–Crippen LogP) is 3.87. The van der Waals surface area contributed by atoms with Crippen molar-refractivity contribution in [2.45, 2.75) is 51.6 Å². The van der Waals surface area contributed by atoms with E-state index in [-0.39, 0.29) is 0 Å². The Labute approximate surface area is 110 Å². The molecule has 1 saturated carbocycles. The molecule has 1 aliphatic rings. The van der Waals surface area contributed by atoms with Crippen molar-refractivity contribution < 1.29 is 9.84 Å². The van der Waals surface area contributed by atoms with Gasteiger partial charge in [0.15, 0.2) is 0 Å². The lowest BCUT2D eigenvalue weighted by atomic mass is 9.76. The summed E-state index contributed by atoms with van der Waals surface area (Å²) in [6.45, 7) is 5.11. The first kappa shape index (κ1) is 13.4. The largest absolute Gasteiger partial charge is 0.494 e. The van der Waals surface area contributed by atoms with E-state index in [0.29, 0.717) is 0 Å². The van der Waals surface area contributed by atoms with E-state index in [0.717, 1.165) is 55.9 Å². The summed E-state index contributed by atoms with van der Waals surface area (Å²) < 4.78 is 5.57. The third kappa shape index (κ3) is 3.05. The van der Waals surface area contributed by atoms with Gasteiger partial charge in [0.05, 0.1) is 12.2 Å². The molecule has 0 aromatic heterocycles. The highest BCUT2D eigenvalue weighted by atomic mass is 16.5. The van der Waals surface area contributed by atoms with Crippen molar-refractivity contribution >= 4 is 0 Å². The number of ether oxygens (including phenoxy) is 1. The number of hydrogen-bond donors (Lipinski definition) is 1. The van der Waals surface area contributed by atoms with Crippen molar-refractivity contribution in [2.75, 3.05) is 6.61 Å². The van der Waals surface area contributed by atoms with Crippen LogP contribution in [0, 0.1) is 5.92 Å². The van der Waals surface area contributed by atoms with Crippen LogP contribution in [0.15, 0.2) is 24.3 Å². The van der Waals surface area contributed by atoms with Gasteiger partial charge in [0, 0.05) is 0 Å². The van der Waals surface area contributed by atoms with Crippen molar-refractivity contribution in [3.05, 3.63) is 29.8 Å². The molecule has 0 atom stereocenters. The summed E-state index contributed by atoms with van der Waals surface area (Å²) in [7, 11) is 0. The van der Waals surface area contributed by atoms with Crippen molar-refractivity contribution in [3.8, 4) is 5.75 Å². The third-order valence-electron chi connectivity index (χ3n) is 3.97. The van der Waals surface area contributed by atoms with Crippen LogP contribution in [0.2, 0.25) is 0 Å². The molecule has 1 N–H and O–H groups in total. The summed E-state index contributed by atoms with van der Waals surface area (Å²) >= 11 is 0. The van der Waals surface area contributed by atoms with Crippen LogP contribution in [0.4, 0.5) is 0 Å². The zero-order valence-electron chi connectivity index (χ0n) is 11.5. The summed E-state index contributed by atoms with van der Waals surface area (Å²) in [5.41, 5.74) is 0.425. The maximum Gasteiger partial charge on any atom is 0.119 e. The van der Waals surface area contributed by atoms with Gasteiger partial charge in [0.2, 0.25) is 0 Å². The number of hydrogen-bond acceptors (Lipinski definition) is 2. The van der Waals surface area contributed by atoms with Crippen LogP contribution in [0.25, 0.3) is 0 Å². The SMILES string of the molecule is CCCOc1ccc(C2(O)CCC(C)CC2)cc1. The monoisotopic (exact) mass is 248 g/mol. The Morgan fingerprint density at radius 1 is 1.22 bits per heavy atom. The molecule has 0 amide bonds. The first-order valence-corrected chi connectivity index (χ1v) is 7.10. The Morgan fingerprint density at radius 2 is 1.83 bits per heavy atom. The second-order valence-electron chi connectivity index (χ2n) is 5.59. The average molecular weight is 248 g/mol. The second kappa shape index (κ2) is 5.75. The van der Waals surface area contributed by atoms with Gasteiger partial charge in [-0.25, -0.2) is 0 Å². The molecule has 0 aliphatic heterocycles. The highest BCUT2D eigenvalue weighted by Crippen LogP contribution is 2.39. The normalized spacial score (nSPS) is 28.1. The standard InChI is InChI=1S/C16H24O2/c1-3-12-18-15-6-4-14(5-7-15)16(17)10-8-13(2)9-11-16/h4-7,13,17H,3,8-12H2,1-2H3. The molecule has 1 aliphatic carbocycles. The lowest BCUT2D eigenvalue weighted by Crippen LogP contribution is -2.30. The van der Waals surface area contributed by atoms with Crippen LogP contribution >= 0.6 is 0 Å². The van der Waals surface area contributed by atoms with E-state index in [1.165, 1.54) is 0 Å². The summed E-state index contributed by atoms with van der Waals surface area (Å²) in [6, 6.07) is 7.98. The number of benzene rings is 1. The fraction of sp³-hybridized carbons (Fsp3) is 0.625. The minimum absolute atomic E-state index is 0.615. The fourth-order valence-electron chi connectivity index (χ4n) is 2.61. The predicted molar refractivity (Wildman–Crippen MR) is 73.8 cm³/mol. The number of aliphatic hydroxyl groups is 1. The van der Waals surface area contributed by atoms with Gasteiger partial charge in [0.25, 0.3) is 0 Å². The maximum atomic E-state index is 10.7. The summed E-state index contributed by atoms with van der Waals surface area (Å²) in [5, 5.41) is 10.7. The molecule has 1 aromatic rings. The molecule has 2 rings (SSSR count). The lowest BCUT2D eigenvalue weighted by Gasteiger charge is -2.35. The number of rotatable bonds is 4. The first-order valence-electron chi connectivity index (χ1n) is 7.10. The van der Waals surface area contributed by atoms with Gasteiger partial charge in [0.1, 0.15) is 5.75 Å². The molecule has 0 radical (unpaired) electrons. The Bertz CT molecular complexity index is 361. The van der Waals surface area contributed by atoms with Crippen LogP contribution in [-0.2, 0) is 5.60 Å². The zero-order chi connectivity index (χ0) is 13.0. The van der Waals surface area contributed by atoms with Crippen LogP contribution in [0.3, 0.4) is 0 Å². The van der Waals surface area contributed by atoms with E-state index in [9.17, 15) is 5.11 Å². The van der Waals surface area contributed by atoms with Crippen LogP contribution in [0.1, 0.15) is 51.5 Å². The molecule has 0 bridgehead atoms. The molecular weight excluding hydrogens is 224 g/mol. The van der Waals surface area contributed by atoms with Gasteiger partial charge in [-0.05, 0) is 55.7 Å². The fourth-order valence-corrected chi connectivity index (χ4v) is 2.61. The molecule has 0 heterocycles. The molecule has 2 nitrogen and oxygen atoms in total. The maximum absolute atomic E-state index is 10.7. The van der Waals surface area contributed by atoms with E-state index >= 15 is 0 Å². The quantitative estimate of drug-likeness (QED) is 0.876. The van der Waals surface area contributed by atoms with Gasteiger partial charge >= 0.3 is 0 Å². The van der Waals surface area contributed by atoms with E-state index in [1.807, 2.05) is 24.3 Å². The highest BCUT2D eigenvalue weighted by molar-refractivity contribution is 5.31. The minimum atomic E-state index is -0.615. The molecule has 100 valence electrons. The summed E-state index contributed by atoms with van der Waals surface area (Å²) in [5.74, 6) is 1.64. The Kier molecular flexibility index (Phi) is 4.28. The van der Waals surface area contributed by atoms with Crippen molar-refractivity contribution in [1.82, 2.24) is 0 Å². The molecule has 18 heavy (non-hydrogen) atoms. The summed E-state index contributed by atoms with van der Waals surface area (Å²) in [6.07, 6.45) is 5.01. The molecule has 2 heteroatoms. The van der Waals surface area contributed by atoms with E-state index < -0.39 is 5.60 Å². The second-order valence-corrected chi connectivity index (χ2v) is 5.59. The van der Waals surface area contributed by atoms with E-state index in [4.69, 9.17) is 4.74 Å². The smallest absolute Gasteiger partial charge is 0.119 e. The van der Waals surface area contributed by atoms with Gasteiger partial charge in [-0.3, -0.25) is 0 Å². The molecule has 0 saturated heterocycles. The van der Waals surface area contributed by atoms with E-state index in [2.05, 4.69) is 13.8 Å². The molecular formula is C16H24O2. The van der Waals surface area contributed by atoms with Gasteiger partial charge in [-0.2, -0.15) is 0 Å². The Hall–Kier alpha value is -1.02. The lowest BCUT2D eigenvalue weighted by molar-refractivity contribution is -0.0120. The van der Waals surface area contributed by atoms with E-state index in [1.54, 1.807) is 0 Å². The highest BCUT2D eigenvalue weighted by Gasteiger charge is 2.33. The van der Waals surface area contributed by atoms with Gasteiger partial charge in [-0.15, -0.1) is 0 Å². The van der Waals surface area contributed by atoms with Gasteiger partial charge in [-0.1, -0.05) is 26.0 Å². The van der Waals surface area contributed by atoms with Crippen LogP contribution in [0.5, 0.6) is 5.75 Å². The topological polar surface area (TPSA) is 29.5 Å².